The Morgan fingerprint density at radius 1 is 1.13 bits per heavy atom. The second kappa shape index (κ2) is 8.34. The van der Waals surface area contributed by atoms with Crippen LogP contribution in [-0.4, -0.2) is 25.2 Å². The minimum atomic E-state index is -3.64. The molecule has 4 rings (SSSR count). The van der Waals surface area contributed by atoms with Gasteiger partial charge in [0.15, 0.2) is 0 Å². The number of nitrogens with one attached hydrogen (secondary N) is 1. The van der Waals surface area contributed by atoms with E-state index in [1.54, 1.807) is 5.38 Å². The minimum Gasteiger partial charge on any atom is -0.321 e. The average molecular weight is 441 g/mol. The molecule has 1 aliphatic heterocycles. The number of carbonyl (C=O) groups excluding carboxylic acids is 1. The number of fused-ring (bicyclic) bond motifs is 1. The Kier molecular flexibility index (Phi) is 5.77. The van der Waals surface area contributed by atoms with Crippen molar-refractivity contribution in [1.82, 2.24) is 4.31 Å². The van der Waals surface area contributed by atoms with Crippen molar-refractivity contribution in [3.8, 4) is 0 Å². The van der Waals surface area contributed by atoms with Crippen molar-refractivity contribution in [2.75, 3.05) is 11.9 Å². The molecule has 2 aromatic carbocycles. The van der Waals surface area contributed by atoms with Crippen molar-refractivity contribution < 1.29 is 13.2 Å². The van der Waals surface area contributed by atoms with Crippen LogP contribution in [0.2, 0.25) is 0 Å². The average Bonchev–Trinajstić information content (AvgIpc) is 3.26. The molecule has 0 saturated heterocycles. The summed E-state index contributed by atoms with van der Waals surface area (Å²) in [4.78, 5) is 12.8. The number of carbonyl (C=O) groups is 1. The monoisotopic (exact) mass is 440 g/mol. The quantitative estimate of drug-likeness (QED) is 0.630. The Balaban J connectivity index is 1.55. The smallest absolute Gasteiger partial charge is 0.256 e. The fourth-order valence-corrected chi connectivity index (χ4v) is 6.49. The zero-order valence-corrected chi connectivity index (χ0v) is 18.6. The topological polar surface area (TPSA) is 66.5 Å². The van der Waals surface area contributed by atoms with Gasteiger partial charge in [-0.3, -0.25) is 4.79 Å². The van der Waals surface area contributed by atoms with Crippen molar-refractivity contribution in [3.63, 3.8) is 0 Å². The van der Waals surface area contributed by atoms with E-state index in [0.717, 1.165) is 40.1 Å². The summed E-state index contributed by atoms with van der Waals surface area (Å²) in [6, 6.07) is 15.3. The van der Waals surface area contributed by atoms with E-state index in [1.165, 1.54) is 15.9 Å². The number of hydrogen-bond donors (Lipinski definition) is 1. The Bertz CT molecular complexity index is 1200. The van der Waals surface area contributed by atoms with Gasteiger partial charge >= 0.3 is 0 Å². The summed E-state index contributed by atoms with van der Waals surface area (Å²) in [7, 11) is -3.64. The molecule has 0 fully saturated rings. The van der Waals surface area contributed by atoms with Crippen LogP contribution in [0.3, 0.4) is 0 Å². The van der Waals surface area contributed by atoms with Crippen molar-refractivity contribution in [2.45, 2.75) is 37.4 Å². The number of amides is 1. The lowest BCUT2D eigenvalue weighted by molar-refractivity contribution is 0.102. The van der Waals surface area contributed by atoms with Crippen LogP contribution in [0, 0.1) is 6.92 Å². The second-order valence-electron chi connectivity index (χ2n) is 7.43. The van der Waals surface area contributed by atoms with E-state index in [9.17, 15) is 13.2 Å². The molecule has 3 aromatic rings. The van der Waals surface area contributed by atoms with Crippen LogP contribution < -0.4 is 5.32 Å². The molecule has 0 unspecified atom stereocenters. The number of para-hydroxylation sites is 1. The second-order valence-corrected chi connectivity index (χ2v) is 10.5. The SMILES string of the molecule is CCc1cccc(C)c1NC(=O)c1csc(S(=O)(=O)N2CCc3ccccc3C2)c1. The fourth-order valence-electron chi connectivity index (χ4n) is 3.76. The number of rotatable bonds is 5. The van der Waals surface area contributed by atoms with Gasteiger partial charge in [-0.2, -0.15) is 4.31 Å². The summed E-state index contributed by atoms with van der Waals surface area (Å²) < 4.78 is 28.0. The van der Waals surface area contributed by atoms with E-state index < -0.39 is 10.0 Å². The summed E-state index contributed by atoms with van der Waals surface area (Å²) in [6.45, 7) is 4.80. The summed E-state index contributed by atoms with van der Waals surface area (Å²) in [5, 5.41) is 4.58. The minimum absolute atomic E-state index is 0.201. The third-order valence-corrected chi connectivity index (χ3v) is 8.77. The van der Waals surface area contributed by atoms with Crippen molar-refractivity contribution in [3.05, 3.63) is 81.7 Å². The molecule has 156 valence electrons. The number of nitrogens with zero attached hydrogens (tertiary/aromatic N) is 1. The van der Waals surface area contributed by atoms with Crippen LogP contribution in [0.4, 0.5) is 5.69 Å². The number of aryl methyl sites for hydroxylation is 2. The van der Waals surface area contributed by atoms with Gasteiger partial charge in [0.05, 0.1) is 5.56 Å². The molecular weight excluding hydrogens is 416 g/mol. The molecule has 0 aliphatic carbocycles. The number of thiophene rings is 1. The van der Waals surface area contributed by atoms with Gasteiger partial charge in [-0.05, 0) is 48.1 Å². The van der Waals surface area contributed by atoms with Crippen LogP contribution in [0.15, 0.2) is 58.1 Å². The lowest BCUT2D eigenvalue weighted by Gasteiger charge is -2.27. The van der Waals surface area contributed by atoms with Crippen LogP contribution in [-0.2, 0) is 29.4 Å². The van der Waals surface area contributed by atoms with Crippen molar-refractivity contribution in [2.24, 2.45) is 0 Å². The van der Waals surface area contributed by atoms with E-state index in [-0.39, 0.29) is 10.1 Å². The highest BCUT2D eigenvalue weighted by molar-refractivity contribution is 7.91. The normalized spacial score (nSPS) is 14.3. The predicted octanol–water partition coefficient (Wildman–Crippen LogP) is 4.62. The summed E-state index contributed by atoms with van der Waals surface area (Å²) in [5.41, 5.74) is 5.43. The summed E-state index contributed by atoms with van der Waals surface area (Å²) >= 11 is 1.09. The fraction of sp³-hybridized carbons (Fsp3) is 0.261. The Morgan fingerprint density at radius 3 is 2.67 bits per heavy atom. The van der Waals surface area contributed by atoms with Gasteiger partial charge in [-0.15, -0.1) is 11.3 Å². The highest BCUT2D eigenvalue weighted by Gasteiger charge is 2.30. The molecule has 30 heavy (non-hydrogen) atoms. The van der Waals surface area contributed by atoms with Crippen LogP contribution >= 0.6 is 11.3 Å². The van der Waals surface area contributed by atoms with E-state index in [4.69, 9.17) is 0 Å². The Hall–Kier alpha value is -2.48. The lowest BCUT2D eigenvalue weighted by atomic mass is 10.0. The molecule has 1 aliphatic rings. The molecule has 0 saturated carbocycles. The summed E-state index contributed by atoms with van der Waals surface area (Å²) in [5.74, 6) is -0.291. The van der Waals surface area contributed by atoms with E-state index in [2.05, 4.69) is 5.32 Å². The van der Waals surface area contributed by atoms with E-state index >= 15 is 0 Å². The Labute approximate surface area is 181 Å². The number of hydrogen-bond acceptors (Lipinski definition) is 4. The van der Waals surface area contributed by atoms with Crippen LogP contribution in [0.1, 0.15) is 39.5 Å². The first-order chi connectivity index (χ1) is 14.4. The first-order valence-corrected chi connectivity index (χ1v) is 12.3. The highest BCUT2D eigenvalue weighted by Crippen LogP contribution is 2.29. The molecule has 5 nitrogen and oxygen atoms in total. The Morgan fingerprint density at radius 2 is 1.90 bits per heavy atom. The molecule has 1 amide bonds. The molecule has 0 atom stereocenters. The molecule has 0 spiro atoms. The first kappa shape index (κ1) is 20.8. The maximum absolute atomic E-state index is 13.2. The van der Waals surface area contributed by atoms with E-state index in [1.807, 2.05) is 56.3 Å². The first-order valence-electron chi connectivity index (χ1n) is 9.95. The van der Waals surface area contributed by atoms with Gasteiger partial charge in [0, 0.05) is 24.2 Å². The number of sulfonamides is 1. The maximum Gasteiger partial charge on any atom is 0.256 e. The zero-order valence-electron chi connectivity index (χ0n) is 17.0. The van der Waals surface area contributed by atoms with Gasteiger partial charge in [0.2, 0.25) is 0 Å². The van der Waals surface area contributed by atoms with Crippen LogP contribution in [0.25, 0.3) is 0 Å². The van der Waals surface area contributed by atoms with E-state index in [0.29, 0.717) is 25.1 Å². The standard InChI is InChI=1S/C23H24N2O3S2/c1-3-17-10-6-7-16(2)22(17)24-23(26)20-13-21(29-15-20)30(27,28)25-12-11-18-8-4-5-9-19(18)14-25/h4-10,13,15H,3,11-12,14H2,1-2H3,(H,24,26). The molecule has 7 heteroatoms. The van der Waals surface area contributed by atoms with Gasteiger partial charge < -0.3 is 5.32 Å². The van der Waals surface area contributed by atoms with Crippen molar-refractivity contribution in [1.29, 1.82) is 0 Å². The molecule has 0 bridgehead atoms. The molecule has 2 heterocycles. The van der Waals surface area contributed by atoms with Crippen molar-refractivity contribution >= 4 is 33.0 Å². The highest BCUT2D eigenvalue weighted by atomic mass is 32.2. The molecular formula is C23H24N2O3S2. The maximum atomic E-state index is 13.2. The van der Waals surface area contributed by atoms with Gasteiger partial charge in [0.25, 0.3) is 15.9 Å². The van der Waals surface area contributed by atoms with Crippen LogP contribution in [0.5, 0.6) is 0 Å². The third-order valence-electron chi connectivity index (χ3n) is 5.51. The third kappa shape index (κ3) is 3.93. The molecule has 1 N–H and O–H groups in total. The molecule has 1 aromatic heterocycles. The molecule has 0 radical (unpaired) electrons. The lowest BCUT2D eigenvalue weighted by Crippen LogP contribution is -2.35. The number of benzene rings is 2. The van der Waals surface area contributed by atoms with Gasteiger partial charge in [-0.25, -0.2) is 8.42 Å². The largest absolute Gasteiger partial charge is 0.321 e. The zero-order chi connectivity index (χ0) is 21.3. The summed E-state index contributed by atoms with van der Waals surface area (Å²) in [6.07, 6.45) is 1.50. The predicted molar refractivity (Wildman–Crippen MR) is 121 cm³/mol. The van der Waals surface area contributed by atoms with Gasteiger partial charge in [-0.1, -0.05) is 49.4 Å². The van der Waals surface area contributed by atoms with Gasteiger partial charge in [0.1, 0.15) is 4.21 Å². The number of anilines is 1.